The molecule has 3 aromatic rings. The first-order valence-corrected chi connectivity index (χ1v) is 9.93. The van der Waals surface area contributed by atoms with Crippen molar-refractivity contribution in [1.29, 1.82) is 0 Å². The van der Waals surface area contributed by atoms with Gasteiger partial charge < -0.3 is 10.6 Å². The van der Waals surface area contributed by atoms with Crippen LogP contribution in [-0.4, -0.2) is 22.6 Å². The van der Waals surface area contributed by atoms with Crippen molar-refractivity contribution in [2.45, 2.75) is 19.8 Å². The van der Waals surface area contributed by atoms with Crippen LogP contribution in [0.15, 0.2) is 47.8 Å². The highest BCUT2D eigenvalue weighted by atomic mass is 32.1. The van der Waals surface area contributed by atoms with Gasteiger partial charge in [0.2, 0.25) is 5.91 Å². The highest BCUT2D eigenvalue weighted by molar-refractivity contribution is 7.17. The molecular weight excluding hydrogens is 382 g/mol. The molecule has 3 rings (SSSR count). The number of thiazole rings is 1. The number of carbonyl (C=O) groups excluding carboxylic acids is 3. The summed E-state index contributed by atoms with van der Waals surface area (Å²) in [4.78, 5) is 41.7. The molecule has 2 heterocycles. The molecule has 0 bridgehead atoms. The van der Waals surface area contributed by atoms with E-state index < -0.39 is 0 Å². The number of nitrogens with one attached hydrogen (secondary N) is 2. The Bertz CT molecular complexity index is 950. The normalized spacial score (nSPS) is 10.4. The van der Waals surface area contributed by atoms with Crippen LogP contribution in [0.25, 0.3) is 0 Å². The monoisotopic (exact) mass is 399 g/mol. The van der Waals surface area contributed by atoms with Crippen molar-refractivity contribution in [3.8, 4) is 0 Å². The predicted molar refractivity (Wildman–Crippen MR) is 108 cm³/mol. The van der Waals surface area contributed by atoms with Gasteiger partial charge in [-0.2, -0.15) is 0 Å². The molecule has 0 aliphatic carbocycles. The smallest absolute Gasteiger partial charge is 0.267 e. The zero-order valence-electron chi connectivity index (χ0n) is 14.5. The quantitative estimate of drug-likeness (QED) is 0.578. The van der Waals surface area contributed by atoms with Gasteiger partial charge in [0.25, 0.3) is 5.91 Å². The van der Waals surface area contributed by atoms with Gasteiger partial charge in [0.05, 0.1) is 10.6 Å². The number of nitrogens with zero attached hydrogens (tertiary/aromatic N) is 1. The lowest BCUT2D eigenvalue weighted by atomic mass is 10.2. The summed E-state index contributed by atoms with van der Waals surface area (Å²) in [7, 11) is 0. The molecule has 8 heteroatoms. The molecule has 0 fully saturated rings. The largest absolute Gasteiger partial charge is 0.321 e. The molecule has 0 aliphatic rings. The molecule has 0 radical (unpaired) electrons. The van der Waals surface area contributed by atoms with Crippen molar-refractivity contribution in [3.63, 3.8) is 0 Å². The van der Waals surface area contributed by atoms with Crippen LogP contribution in [0, 0.1) is 6.92 Å². The number of benzene rings is 1. The number of thiophene rings is 1. The van der Waals surface area contributed by atoms with Gasteiger partial charge in [-0.1, -0.05) is 35.6 Å². The first-order chi connectivity index (χ1) is 13.0. The molecule has 0 aliphatic heterocycles. The number of amides is 2. The Balaban J connectivity index is 1.56. The topological polar surface area (TPSA) is 88.2 Å². The third-order valence-corrected chi connectivity index (χ3v) is 5.64. The van der Waals surface area contributed by atoms with Crippen LogP contribution in [0.1, 0.15) is 37.9 Å². The van der Waals surface area contributed by atoms with Crippen molar-refractivity contribution in [3.05, 3.63) is 63.3 Å². The number of anilines is 2. The fourth-order valence-corrected chi connectivity index (χ4v) is 3.91. The zero-order valence-corrected chi connectivity index (χ0v) is 16.2. The lowest BCUT2D eigenvalue weighted by molar-refractivity contribution is -0.116. The Morgan fingerprint density at radius 3 is 2.48 bits per heavy atom. The van der Waals surface area contributed by atoms with E-state index in [4.69, 9.17) is 0 Å². The summed E-state index contributed by atoms with van der Waals surface area (Å²) in [6, 6.07) is 12.7. The van der Waals surface area contributed by atoms with E-state index in [2.05, 4.69) is 15.6 Å². The minimum atomic E-state index is -0.302. The standard InChI is InChI=1S/C19H17N3O3S2/c1-12-17(18(25)21-13-6-3-2-4-7-13)27-19(20-12)22-16(24)10-9-14(23)15-8-5-11-26-15/h2-8,11H,9-10H2,1H3,(H,21,25)(H,20,22,24). The number of Topliss-reactive ketones (excluding diaryl/α,β-unsaturated/α-hetero) is 1. The third kappa shape index (κ3) is 5.08. The summed E-state index contributed by atoms with van der Waals surface area (Å²) < 4.78 is 0. The summed E-state index contributed by atoms with van der Waals surface area (Å²) in [5, 5.41) is 7.63. The number of aromatic nitrogens is 1. The van der Waals surface area contributed by atoms with Crippen molar-refractivity contribution >= 4 is 51.1 Å². The van der Waals surface area contributed by atoms with Crippen LogP contribution in [0.5, 0.6) is 0 Å². The van der Waals surface area contributed by atoms with Crippen LogP contribution in [0.4, 0.5) is 10.8 Å². The zero-order chi connectivity index (χ0) is 19.2. The molecule has 6 nitrogen and oxygen atoms in total. The van der Waals surface area contributed by atoms with Crippen molar-refractivity contribution in [2.75, 3.05) is 10.6 Å². The van der Waals surface area contributed by atoms with Crippen LogP contribution >= 0.6 is 22.7 Å². The summed E-state index contributed by atoms with van der Waals surface area (Å²) in [6.07, 6.45) is 0.207. The molecule has 2 N–H and O–H groups in total. The van der Waals surface area contributed by atoms with Crippen molar-refractivity contribution in [2.24, 2.45) is 0 Å². The van der Waals surface area contributed by atoms with Crippen LogP contribution in [-0.2, 0) is 4.79 Å². The van der Waals surface area contributed by atoms with E-state index in [1.165, 1.54) is 11.3 Å². The van der Waals surface area contributed by atoms with Gasteiger partial charge in [-0.25, -0.2) is 4.98 Å². The van der Waals surface area contributed by atoms with E-state index in [0.717, 1.165) is 11.3 Å². The minimum absolute atomic E-state index is 0.0570. The predicted octanol–water partition coefficient (Wildman–Crippen LogP) is 4.37. The van der Waals surface area contributed by atoms with Crippen molar-refractivity contribution < 1.29 is 14.4 Å². The van der Waals surface area contributed by atoms with Gasteiger partial charge in [0, 0.05) is 18.5 Å². The molecule has 0 atom stereocenters. The van der Waals surface area contributed by atoms with E-state index in [-0.39, 0.29) is 30.4 Å². The summed E-state index contributed by atoms with van der Waals surface area (Å²) in [5.74, 6) is -0.633. The fourth-order valence-electron chi connectivity index (χ4n) is 2.34. The molecule has 0 saturated heterocycles. The molecular formula is C19H17N3O3S2. The minimum Gasteiger partial charge on any atom is -0.321 e. The van der Waals surface area contributed by atoms with Crippen LogP contribution in [0.2, 0.25) is 0 Å². The Kier molecular flexibility index (Phi) is 6.10. The van der Waals surface area contributed by atoms with E-state index >= 15 is 0 Å². The van der Waals surface area contributed by atoms with Gasteiger partial charge in [0.1, 0.15) is 4.88 Å². The summed E-state index contributed by atoms with van der Waals surface area (Å²) in [6.45, 7) is 1.71. The van der Waals surface area contributed by atoms with Gasteiger partial charge >= 0.3 is 0 Å². The number of ketones is 1. The van der Waals surface area contributed by atoms with Gasteiger partial charge in [-0.15, -0.1) is 11.3 Å². The van der Waals surface area contributed by atoms with E-state index in [1.807, 2.05) is 23.6 Å². The van der Waals surface area contributed by atoms with E-state index in [9.17, 15) is 14.4 Å². The Morgan fingerprint density at radius 1 is 1.00 bits per heavy atom. The van der Waals surface area contributed by atoms with Gasteiger partial charge in [0.15, 0.2) is 10.9 Å². The second-order valence-corrected chi connectivity index (χ2v) is 7.65. The highest BCUT2D eigenvalue weighted by Gasteiger charge is 2.17. The fraction of sp³-hybridized carbons (Fsp3) is 0.158. The van der Waals surface area contributed by atoms with Gasteiger partial charge in [-0.3, -0.25) is 14.4 Å². The Hall–Kier alpha value is -2.84. The van der Waals surface area contributed by atoms with Crippen LogP contribution < -0.4 is 10.6 Å². The third-order valence-electron chi connectivity index (χ3n) is 3.66. The maximum atomic E-state index is 12.4. The maximum Gasteiger partial charge on any atom is 0.267 e. The number of carbonyl (C=O) groups is 3. The number of hydrogen-bond donors (Lipinski definition) is 2. The number of rotatable bonds is 7. The second-order valence-electron chi connectivity index (χ2n) is 5.70. The molecule has 138 valence electrons. The average molecular weight is 399 g/mol. The average Bonchev–Trinajstić information content (AvgIpc) is 3.30. The molecule has 27 heavy (non-hydrogen) atoms. The molecule has 2 aromatic heterocycles. The van der Waals surface area contributed by atoms with E-state index in [1.54, 1.807) is 31.2 Å². The number of para-hydroxylation sites is 1. The second kappa shape index (κ2) is 8.70. The number of hydrogen-bond acceptors (Lipinski definition) is 6. The first kappa shape index (κ1) is 18.9. The molecule has 2 amide bonds. The Morgan fingerprint density at radius 2 is 1.78 bits per heavy atom. The van der Waals surface area contributed by atoms with Crippen LogP contribution in [0.3, 0.4) is 0 Å². The lowest BCUT2D eigenvalue weighted by Crippen LogP contribution is -2.13. The van der Waals surface area contributed by atoms with E-state index in [0.29, 0.717) is 26.3 Å². The summed E-state index contributed by atoms with van der Waals surface area (Å²) >= 11 is 2.47. The Labute approximate surface area is 164 Å². The lowest BCUT2D eigenvalue weighted by Gasteiger charge is -2.03. The molecule has 0 saturated carbocycles. The van der Waals surface area contributed by atoms with Gasteiger partial charge in [-0.05, 0) is 30.5 Å². The highest BCUT2D eigenvalue weighted by Crippen LogP contribution is 2.24. The van der Waals surface area contributed by atoms with Crippen molar-refractivity contribution in [1.82, 2.24) is 4.98 Å². The summed E-state index contributed by atoms with van der Waals surface area (Å²) in [5.41, 5.74) is 1.23. The molecule has 0 spiro atoms. The first-order valence-electron chi connectivity index (χ1n) is 8.23. The molecule has 1 aromatic carbocycles. The number of aryl methyl sites for hydroxylation is 1. The SMILES string of the molecule is Cc1nc(NC(=O)CCC(=O)c2cccs2)sc1C(=O)Nc1ccccc1. The molecule has 0 unspecified atom stereocenters. The maximum absolute atomic E-state index is 12.4.